The van der Waals surface area contributed by atoms with E-state index < -0.39 is 5.79 Å². The fourth-order valence-corrected chi connectivity index (χ4v) is 2.14. The minimum atomic E-state index is -1.38. The first kappa shape index (κ1) is 11.1. The number of fused-ring (bicyclic) bond motifs is 1. The van der Waals surface area contributed by atoms with Gasteiger partial charge in [0.2, 0.25) is 5.79 Å². The topological polar surface area (TPSA) is 65.3 Å². The number of hydrogen-bond acceptors (Lipinski definition) is 4. The predicted molar refractivity (Wildman–Crippen MR) is 58.6 cm³/mol. The van der Waals surface area contributed by atoms with Gasteiger partial charge in [0, 0.05) is 5.56 Å². The molecule has 1 atom stereocenters. The number of ether oxygens (including phenoxy) is 1. The van der Waals surface area contributed by atoms with Crippen LogP contribution in [0.3, 0.4) is 0 Å². The third kappa shape index (κ3) is 1.69. The number of likely N-dealkylation sites (N-methyl/N-ethyl adjacent to an activating group) is 1. The third-order valence-electron chi connectivity index (χ3n) is 2.79. The highest BCUT2D eigenvalue weighted by Gasteiger charge is 2.37. The van der Waals surface area contributed by atoms with Gasteiger partial charge in [-0.25, -0.2) is 0 Å². The SMILES string of the molecule is CNCC1(O)OCCc2cccc(C#N)c21. The summed E-state index contributed by atoms with van der Waals surface area (Å²) < 4.78 is 5.42. The van der Waals surface area contributed by atoms with Gasteiger partial charge in [-0.2, -0.15) is 5.26 Å². The van der Waals surface area contributed by atoms with Crippen LogP contribution >= 0.6 is 0 Å². The van der Waals surface area contributed by atoms with Crippen LogP contribution in [0.2, 0.25) is 0 Å². The van der Waals surface area contributed by atoms with E-state index in [0.29, 0.717) is 17.7 Å². The molecule has 0 saturated heterocycles. The van der Waals surface area contributed by atoms with Crippen LogP contribution < -0.4 is 5.32 Å². The molecule has 0 radical (unpaired) electrons. The molecule has 16 heavy (non-hydrogen) atoms. The normalized spacial score (nSPS) is 23.6. The van der Waals surface area contributed by atoms with Crippen molar-refractivity contribution in [1.29, 1.82) is 5.26 Å². The van der Waals surface area contributed by atoms with Crippen LogP contribution in [0.15, 0.2) is 18.2 Å². The van der Waals surface area contributed by atoms with E-state index in [9.17, 15) is 5.11 Å². The molecule has 84 valence electrons. The molecule has 1 aromatic rings. The molecule has 1 aliphatic rings. The van der Waals surface area contributed by atoms with Gasteiger partial charge in [0.1, 0.15) is 0 Å². The molecule has 0 aromatic heterocycles. The summed E-state index contributed by atoms with van der Waals surface area (Å²) in [4.78, 5) is 0. The fourth-order valence-electron chi connectivity index (χ4n) is 2.14. The Labute approximate surface area is 94.5 Å². The van der Waals surface area contributed by atoms with E-state index in [1.165, 1.54) is 0 Å². The highest BCUT2D eigenvalue weighted by Crippen LogP contribution is 2.32. The molecule has 0 bridgehead atoms. The summed E-state index contributed by atoms with van der Waals surface area (Å²) in [6, 6.07) is 7.57. The van der Waals surface area contributed by atoms with Gasteiger partial charge in [-0.05, 0) is 25.1 Å². The van der Waals surface area contributed by atoms with Crippen molar-refractivity contribution < 1.29 is 9.84 Å². The monoisotopic (exact) mass is 218 g/mol. The first-order valence-electron chi connectivity index (χ1n) is 5.24. The molecule has 1 aliphatic heterocycles. The lowest BCUT2D eigenvalue weighted by Gasteiger charge is -2.34. The lowest BCUT2D eigenvalue weighted by atomic mass is 9.90. The van der Waals surface area contributed by atoms with Gasteiger partial charge in [0.25, 0.3) is 0 Å². The highest BCUT2D eigenvalue weighted by atomic mass is 16.6. The molecular formula is C12H14N2O2. The Balaban J connectivity index is 2.56. The molecule has 0 amide bonds. The quantitative estimate of drug-likeness (QED) is 0.758. The number of rotatable bonds is 2. The standard InChI is InChI=1S/C12H14N2O2/c1-14-8-12(15)11-9(5-6-16-12)3-2-4-10(11)7-13/h2-4,14-15H,5-6,8H2,1H3. The minimum Gasteiger partial charge on any atom is -0.361 e. The summed E-state index contributed by atoms with van der Waals surface area (Å²) in [6.07, 6.45) is 0.733. The average Bonchev–Trinajstić information content (AvgIpc) is 2.29. The maximum absolute atomic E-state index is 10.4. The van der Waals surface area contributed by atoms with E-state index in [-0.39, 0.29) is 6.54 Å². The lowest BCUT2D eigenvalue weighted by Crippen LogP contribution is -2.43. The molecule has 0 fully saturated rings. The van der Waals surface area contributed by atoms with Gasteiger partial charge in [0.05, 0.1) is 24.8 Å². The van der Waals surface area contributed by atoms with E-state index in [1.807, 2.05) is 12.1 Å². The second-order valence-corrected chi connectivity index (χ2v) is 3.86. The number of hydrogen-bond donors (Lipinski definition) is 2. The average molecular weight is 218 g/mol. The van der Waals surface area contributed by atoms with Gasteiger partial charge in [-0.3, -0.25) is 0 Å². The Bertz CT molecular complexity index is 439. The minimum absolute atomic E-state index is 0.276. The molecule has 1 aromatic carbocycles. The molecule has 2 rings (SSSR count). The Kier molecular flexibility index (Phi) is 2.92. The predicted octanol–water partition coefficient (Wildman–Crippen LogP) is 0.495. The van der Waals surface area contributed by atoms with Crippen molar-refractivity contribution in [3.63, 3.8) is 0 Å². The Morgan fingerprint density at radius 1 is 1.62 bits per heavy atom. The molecule has 0 spiro atoms. The van der Waals surface area contributed by atoms with Crippen LogP contribution in [-0.4, -0.2) is 25.3 Å². The number of nitriles is 1. The smallest absolute Gasteiger partial charge is 0.206 e. The third-order valence-corrected chi connectivity index (χ3v) is 2.79. The maximum Gasteiger partial charge on any atom is 0.206 e. The number of aliphatic hydroxyl groups is 1. The van der Waals surface area contributed by atoms with Crippen LogP contribution in [0, 0.1) is 11.3 Å². The molecule has 4 nitrogen and oxygen atoms in total. The van der Waals surface area contributed by atoms with E-state index in [2.05, 4.69) is 11.4 Å². The zero-order valence-corrected chi connectivity index (χ0v) is 9.16. The molecule has 2 N–H and O–H groups in total. The van der Waals surface area contributed by atoms with Crippen molar-refractivity contribution in [1.82, 2.24) is 5.32 Å². The van der Waals surface area contributed by atoms with Crippen molar-refractivity contribution in [2.24, 2.45) is 0 Å². The maximum atomic E-state index is 10.4. The second-order valence-electron chi connectivity index (χ2n) is 3.86. The van der Waals surface area contributed by atoms with Gasteiger partial charge in [-0.15, -0.1) is 0 Å². The highest BCUT2D eigenvalue weighted by molar-refractivity contribution is 5.46. The van der Waals surface area contributed by atoms with Crippen LogP contribution in [0.4, 0.5) is 0 Å². The Morgan fingerprint density at radius 2 is 2.44 bits per heavy atom. The van der Waals surface area contributed by atoms with Gasteiger partial charge >= 0.3 is 0 Å². The van der Waals surface area contributed by atoms with E-state index in [0.717, 1.165) is 12.0 Å². The molecule has 4 heteroatoms. The lowest BCUT2D eigenvalue weighted by molar-refractivity contribution is -0.215. The first-order valence-corrected chi connectivity index (χ1v) is 5.24. The summed E-state index contributed by atoms with van der Waals surface area (Å²) in [5, 5.41) is 22.3. The first-order chi connectivity index (χ1) is 7.71. The van der Waals surface area contributed by atoms with Crippen molar-refractivity contribution in [3.05, 3.63) is 34.9 Å². The Morgan fingerprint density at radius 3 is 3.12 bits per heavy atom. The van der Waals surface area contributed by atoms with E-state index in [4.69, 9.17) is 10.00 Å². The van der Waals surface area contributed by atoms with E-state index in [1.54, 1.807) is 13.1 Å². The molecule has 1 unspecified atom stereocenters. The zero-order chi connectivity index (χ0) is 11.6. The summed E-state index contributed by atoms with van der Waals surface area (Å²) in [6.45, 7) is 0.749. The van der Waals surface area contributed by atoms with Gasteiger partial charge in [-0.1, -0.05) is 12.1 Å². The van der Waals surface area contributed by atoms with Crippen molar-refractivity contribution in [2.45, 2.75) is 12.2 Å². The van der Waals surface area contributed by atoms with Gasteiger partial charge < -0.3 is 15.2 Å². The summed E-state index contributed by atoms with van der Waals surface area (Å²) in [5.74, 6) is -1.38. The summed E-state index contributed by atoms with van der Waals surface area (Å²) in [7, 11) is 1.74. The van der Waals surface area contributed by atoms with Crippen molar-refractivity contribution >= 4 is 0 Å². The van der Waals surface area contributed by atoms with E-state index >= 15 is 0 Å². The van der Waals surface area contributed by atoms with Gasteiger partial charge in [0.15, 0.2) is 0 Å². The van der Waals surface area contributed by atoms with Crippen LogP contribution in [0.1, 0.15) is 16.7 Å². The summed E-state index contributed by atoms with van der Waals surface area (Å²) in [5.41, 5.74) is 2.08. The zero-order valence-electron chi connectivity index (χ0n) is 9.16. The number of benzene rings is 1. The fraction of sp³-hybridized carbons (Fsp3) is 0.417. The largest absolute Gasteiger partial charge is 0.361 e. The van der Waals surface area contributed by atoms with Crippen LogP contribution in [0.5, 0.6) is 0 Å². The Hall–Kier alpha value is -1.41. The number of nitrogens with one attached hydrogen (secondary N) is 1. The molecule has 0 saturated carbocycles. The van der Waals surface area contributed by atoms with Crippen molar-refractivity contribution in [2.75, 3.05) is 20.2 Å². The molecule has 0 aliphatic carbocycles. The number of nitrogens with zero attached hydrogens (tertiary/aromatic N) is 1. The summed E-state index contributed by atoms with van der Waals surface area (Å²) >= 11 is 0. The van der Waals surface area contributed by atoms with Crippen LogP contribution in [0.25, 0.3) is 0 Å². The van der Waals surface area contributed by atoms with Crippen molar-refractivity contribution in [3.8, 4) is 6.07 Å². The molecule has 1 heterocycles. The molecular weight excluding hydrogens is 204 g/mol. The second kappa shape index (κ2) is 4.22. The van der Waals surface area contributed by atoms with Crippen LogP contribution in [-0.2, 0) is 16.9 Å².